The Hall–Kier alpha value is -1.49. The van der Waals surface area contributed by atoms with Crippen molar-refractivity contribution in [2.75, 3.05) is 23.7 Å². The van der Waals surface area contributed by atoms with Crippen molar-refractivity contribution in [3.63, 3.8) is 0 Å². The molecule has 1 heterocycles. The van der Waals surface area contributed by atoms with Gasteiger partial charge in [0.25, 0.3) is 0 Å². The molecule has 1 atom stereocenters. The third-order valence-corrected chi connectivity index (χ3v) is 3.17. The first-order chi connectivity index (χ1) is 8.00. The highest BCUT2D eigenvalue weighted by Gasteiger charge is 2.27. The fraction of sp³-hybridized carbons (Fsp3) is 0.364. The van der Waals surface area contributed by atoms with Crippen molar-refractivity contribution in [3.8, 4) is 0 Å². The van der Waals surface area contributed by atoms with Crippen LogP contribution in [0.2, 0.25) is 5.02 Å². The molecule has 17 heavy (non-hydrogen) atoms. The second-order valence-electron chi connectivity index (χ2n) is 3.99. The van der Waals surface area contributed by atoms with Crippen molar-refractivity contribution in [2.45, 2.75) is 13.0 Å². The first-order valence-electron chi connectivity index (χ1n) is 5.29. The minimum absolute atomic E-state index is 0.0136. The Kier molecular flexibility index (Phi) is 3.11. The molecule has 1 aliphatic heterocycles. The van der Waals surface area contributed by atoms with Crippen LogP contribution < -0.4 is 16.0 Å². The summed E-state index contributed by atoms with van der Waals surface area (Å²) in [6.45, 7) is 2.87. The molecule has 2 rings (SSSR count). The van der Waals surface area contributed by atoms with Crippen LogP contribution in [0.5, 0.6) is 0 Å². The van der Waals surface area contributed by atoms with E-state index in [9.17, 15) is 9.18 Å². The van der Waals surface area contributed by atoms with Gasteiger partial charge in [0.15, 0.2) is 0 Å². The van der Waals surface area contributed by atoms with Crippen LogP contribution in [0.1, 0.15) is 6.92 Å². The van der Waals surface area contributed by atoms with Gasteiger partial charge in [0.05, 0.1) is 16.4 Å². The topological polar surface area (TPSA) is 58.4 Å². The highest BCUT2D eigenvalue weighted by Crippen LogP contribution is 2.30. The molecular formula is C11H13ClFN3O. The molecule has 1 amide bonds. The van der Waals surface area contributed by atoms with Crippen molar-refractivity contribution in [2.24, 2.45) is 0 Å². The monoisotopic (exact) mass is 257 g/mol. The van der Waals surface area contributed by atoms with Gasteiger partial charge in [-0.05, 0) is 13.0 Å². The van der Waals surface area contributed by atoms with Gasteiger partial charge in [0.1, 0.15) is 11.9 Å². The largest absolute Gasteiger partial charge is 0.397 e. The van der Waals surface area contributed by atoms with E-state index in [0.717, 1.165) is 0 Å². The van der Waals surface area contributed by atoms with E-state index in [2.05, 4.69) is 5.32 Å². The van der Waals surface area contributed by atoms with Crippen molar-refractivity contribution in [1.82, 2.24) is 5.32 Å². The highest BCUT2D eigenvalue weighted by atomic mass is 35.5. The summed E-state index contributed by atoms with van der Waals surface area (Å²) in [7, 11) is 0. The summed E-state index contributed by atoms with van der Waals surface area (Å²) in [4.78, 5) is 13.3. The van der Waals surface area contributed by atoms with E-state index in [1.54, 1.807) is 11.8 Å². The van der Waals surface area contributed by atoms with E-state index in [-0.39, 0.29) is 17.0 Å². The van der Waals surface area contributed by atoms with Crippen LogP contribution in [0.4, 0.5) is 15.8 Å². The minimum atomic E-state index is -0.533. The van der Waals surface area contributed by atoms with E-state index < -0.39 is 5.82 Å². The molecule has 0 aliphatic carbocycles. The Morgan fingerprint density at radius 3 is 3.00 bits per heavy atom. The highest BCUT2D eigenvalue weighted by molar-refractivity contribution is 6.31. The van der Waals surface area contributed by atoms with Crippen LogP contribution in [-0.4, -0.2) is 25.0 Å². The van der Waals surface area contributed by atoms with Crippen LogP contribution in [-0.2, 0) is 4.79 Å². The summed E-state index contributed by atoms with van der Waals surface area (Å²) in [5, 5.41) is 2.72. The maximum absolute atomic E-state index is 13.4. The van der Waals surface area contributed by atoms with Gasteiger partial charge in [0, 0.05) is 19.2 Å². The molecule has 1 aromatic rings. The van der Waals surface area contributed by atoms with E-state index in [1.165, 1.54) is 12.1 Å². The molecular weight excluding hydrogens is 245 g/mol. The van der Waals surface area contributed by atoms with E-state index >= 15 is 0 Å². The smallest absolute Gasteiger partial charge is 0.242 e. The van der Waals surface area contributed by atoms with Gasteiger partial charge < -0.3 is 16.0 Å². The average molecular weight is 258 g/mol. The van der Waals surface area contributed by atoms with Crippen LogP contribution in [0.15, 0.2) is 12.1 Å². The number of amides is 1. The van der Waals surface area contributed by atoms with Crippen molar-refractivity contribution < 1.29 is 9.18 Å². The first-order valence-corrected chi connectivity index (χ1v) is 5.67. The van der Waals surface area contributed by atoms with Crippen LogP contribution in [0, 0.1) is 5.82 Å². The second kappa shape index (κ2) is 4.41. The van der Waals surface area contributed by atoms with E-state index in [4.69, 9.17) is 17.3 Å². The molecule has 1 aromatic carbocycles. The lowest BCUT2D eigenvalue weighted by Gasteiger charge is -2.35. The molecule has 1 saturated heterocycles. The molecule has 1 unspecified atom stereocenters. The number of hydrogen-bond acceptors (Lipinski definition) is 3. The summed E-state index contributed by atoms with van der Waals surface area (Å²) in [6.07, 6.45) is 0. The van der Waals surface area contributed by atoms with Crippen molar-refractivity contribution >= 4 is 28.9 Å². The molecule has 0 spiro atoms. The van der Waals surface area contributed by atoms with Crippen LogP contribution >= 0.6 is 11.6 Å². The predicted molar refractivity (Wildman–Crippen MR) is 65.6 cm³/mol. The number of rotatable bonds is 1. The Morgan fingerprint density at radius 1 is 1.59 bits per heavy atom. The molecule has 1 fully saturated rings. The molecule has 1 aliphatic rings. The summed E-state index contributed by atoms with van der Waals surface area (Å²) < 4.78 is 13.4. The Bertz CT molecular complexity index is 466. The zero-order valence-electron chi connectivity index (χ0n) is 9.34. The number of benzene rings is 1. The number of nitrogens with two attached hydrogens (primary N) is 1. The number of nitrogen functional groups attached to an aromatic ring is 1. The SMILES string of the molecule is CC1C(=O)NCCN1c1cc(F)c(Cl)cc1N. The first kappa shape index (κ1) is 12.0. The Morgan fingerprint density at radius 2 is 2.29 bits per heavy atom. The third kappa shape index (κ3) is 2.15. The summed E-state index contributed by atoms with van der Waals surface area (Å²) in [6, 6.07) is 2.27. The zero-order chi connectivity index (χ0) is 12.6. The summed E-state index contributed by atoms with van der Waals surface area (Å²) >= 11 is 5.64. The lowest BCUT2D eigenvalue weighted by Crippen LogP contribution is -2.54. The number of halogens is 2. The van der Waals surface area contributed by atoms with Gasteiger partial charge in [0.2, 0.25) is 5.91 Å². The van der Waals surface area contributed by atoms with Crippen molar-refractivity contribution in [1.29, 1.82) is 0 Å². The van der Waals surface area contributed by atoms with E-state index in [0.29, 0.717) is 24.5 Å². The molecule has 0 bridgehead atoms. The van der Waals surface area contributed by atoms with Crippen LogP contribution in [0.25, 0.3) is 0 Å². The molecule has 6 heteroatoms. The number of nitrogens with one attached hydrogen (secondary N) is 1. The molecule has 0 saturated carbocycles. The number of anilines is 2. The van der Waals surface area contributed by atoms with Gasteiger partial charge in [-0.25, -0.2) is 4.39 Å². The van der Waals surface area contributed by atoms with Gasteiger partial charge in [-0.15, -0.1) is 0 Å². The zero-order valence-corrected chi connectivity index (χ0v) is 10.1. The van der Waals surface area contributed by atoms with Gasteiger partial charge >= 0.3 is 0 Å². The van der Waals surface area contributed by atoms with Gasteiger partial charge in [-0.3, -0.25) is 4.79 Å². The predicted octanol–water partition coefficient (Wildman–Crippen LogP) is 1.39. The normalized spacial score (nSPS) is 20.3. The lowest BCUT2D eigenvalue weighted by atomic mass is 10.1. The Balaban J connectivity index is 2.39. The average Bonchev–Trinajstić information content (AvgIpc) is 2.28. The quantitative estimate of drug-likeness (QED) is 0.748. The van der Waals surface area contributed by atoms with Crippen molar-refractivity contribution in [3.05, 3.63) is 23.0 Å². The Labute approximate surface area is 104 Å². The fourth-order valence-electron chi connectivity index (χ4n) is 1.91. The number of hydrogen-bond donors (Lipinski definition) is 2. The molecule has 0 radical (unpaired) electrons. The molecule has 4 nitrogen and oxygen atoms in total. The van der Waals surface area contributed by atoms with Gasteiger partial charge in [-0.2, -0.15) is 0 Å². The number of carbonyl (C=O) groups is 1. The maximum Gasteiger partial charge on any atom is 0.242 e. The fourth-order valence-corrected chi connectivity index (χ4v) is 2.08. The number of piperazine rings is 1. The summed E-state index contributed by atoms with van der Waals surface area (Å²) in [5.41, 5.74) is 6.69. The minimum Gasteiger partial charge on any atom is -0.397 e. The molecule has 0 aromatic heterocycles. The van der Waals surface area contributed by atoms with E-state index in [1.807, 2.05) is 0 Å². The van der Waals surface area contributed by atoms with Crippen LogP contribution in [0.3, 0.4) is 0 Å². The number of nitrogens with zero attached hydrogens (tertiary/aromatic N) is 1. The standard InChI is InChI=1S/C11H13ClFN3O/c1-6-11(17)15-2-3-16(6)10-5-8(13)7(12)4-9(10)14/h4-6H,2-3,14H2,1H3,(H,15,17). The number of carbonyl (C=O) groups excluding carboxylic acids is 1. The summed E-state index contributed by atoms with van der Waals surface area (Å²) in [5.74, 6) is -0.625. The van der Waals surface area contributed by atoms with Gasteiger partial charge in [-0.1, -0.05) is 11.6 Å². The maximum atomic E-state index is 13.4. The third-order valence-electron chi connectivity index (χ3n) is 2.88. The molecule has 3 N–H and O–H groups in total. The molecule has 92 valence electrons. The second-order valence-corrected chi connectivity index (χ2v) is 4.39. The lowest BCUT2D eigenvalue weighted by molar-refractivity contribution is -0.122.